The topological polar surface area (TPSA) is 53.3 Å². The Morgan fingerprint density at radius 1 is 1.50 bits per heavy atom. The van der Waals surface area contributed by atoms with Crippen LogP contribution in [-0.4, -0.2) is 25.2 Å². The highest BCUT2D eigenvalue weighted by atomic mass is 16.5. The van der Waals surface area contributed by atoms with Gasteiger partial charge in [0.05, 0.1) is 12.7 Å². The van der Waals surface area contributed by atoms with Crippen molar-refractivity contribution in [2.45, 2.75) is 13.0 Å². The number of para-hydroxylation sites is 1. The number of hydrogen-bond acceptors (Lipinski definition) is 3. The molecule has 2 rings (SSSR count). The zero-order valence-corrected chi connectivity index (χ0v) is 9.01. The molecule has 0 aromatic heterocycles. The van der Waals surface area contributed by atoms with E-state index in [-0.39, 0.29) is 19.1 Å². The maximum absolute atomic E-state index is 11.8. The van der Waals surface area contributed by atoms with Crippen molar-refractivity contribution in [3.8, 4) is 6.07 Å². The second-order valence-electron chi connectivity index (χ2n) is 3.71. The number of nitriles is 1. The Labute approximate surface area is 94.0 Å². The highest BCUT2D eigenvalue weighted by Gasteiger charge is 2.30. The molecule has 4 nitrogen and oxygen atoms in total. The molecule has 1 unspecified atom stereocenters. The highest BCUT2D eigenvalue weighted by Crippen LogP contribution is 2.23. The van der Waals surface area contributed by atoms with E-state index in [1.54, 1.807) is 0 Å². The molecule has 0 N–H and O–H groups in total. The van der Waals surface area contributed by atoms with Crippen LogP contribution in [0, 0.1) is 18.3 Å². The molecule has 1 aliphatic rings. The molecule has 1 heterocycles. The Morgan fingerprint density at radius 2 is 2.25 bits per heavy atom. The van der Waals surface area contributed by atoms with Crippen LogP contribution in [0.25, 0.3) is 0 Å². The number of morpholine rings is 1. The van der Waals surface area contributed by atoms with E-state index in [0.717, 1.165) is 11.3 Å². The van der Waals surface area contributed by atoms with Gasteiger partial charge in [0.25, 0.3) is 5.91 Å². The highest BCUT2D eigenvalue weighted by molar-refractivity contribution is 5.96. The first kappa shape index (κ1) is 10.7. The fourth-order valence-corrected chi connectivity index (χ4v) is 1.81. The standard InChI is InChI=1S/C12H12N2O2/c1-9-4-2-3-5-11(9)14-10(6-13)7-16-8-12(14)15/h2-5,10H,7-8H2,1H3. The van der Waals surface area contributed by atoms with Gasteiger partial charge in [-0.1, -0.05) is 18.2 Å². The zero-order valence-electron chi connectivity index (χ0n) is 9.01. The van der Waals surface area contributed by atoms with Crippen LogP contribution in [0.3, 0.4) is 0 Å². The Bertz CT molecular complexity index is 451. The zero-order chi connectivity index (χ0) is 11.5. The number of rotatable bonds is 1. The van der Waals surface area contributed by atoms with Gasteiger partial charge in [0.1, 0.15) is 12.6 Å². The number of benzene rings is 1. The Balaban J connectivity index is 2.40. The summed E-state index contributed by atoms with van der Waals surface area (Å²) in [6, 6.07) is 9.11. The molecule has 0 spiro atoms. The summed E-state index contributed by atoms with van der Waals surface area (Å²) >= 11 is 0. The molecule has 1 aromatic carbocycles. The molecule has 1 aromatic rings. The minimum absolute atomic E-state index is 0.0481. The van der Waals surface area contributed by atoms with Gasteiger partial charge in [0.15, 0.2) is 0 Å². The lowest BCUT2D eigenvalue weighted by Crippen LogP contribution is -2.49. The average Bonchev–Trinajstić information content (AvgIpc) is 2.30. The van der Waals surface area contributed by atoms with Crippen molar-refractivity contribution in [1.82, 2.24) is 0 Å². The molecule has 1 amide bonds. The fraction of sp³-hybridized carbons (Fsp3) is 0.333. The summed E-state index contributed by atoms with van der Waals surface area (Å²) in [6.45, 7) is 2.25. The summed E-state index contributed by atoms with van der Waals surface area (Å²) in [4.78, 5) is 13.3. The van der Waals surface area contributed by atoms with Crippen molar-refractivity contribution in [1.29, 1.82) is 5.26 Å². The number of aryl methyl sites for hydroxylation is 1. The third-order valence-corrected chi connectivity index (χ3v) is 2.61. The maximum atomic E-state index is 11.8. The molecule has 0 bridgehead atoms. The Morgan fingerprint density at radius 3 is 2.94 bits per heavy atom. The lowest BCUT2D eigenvalue weighted by Gasteiger charge is -2.32. The molecular formula is C12H12N2O2. The summed E-state index contributed by atoms with van der Waals surface area (Å²) < 4.78 is 5.06. The van der Waals surface area contributed by atoms with Gasteiger partial charge < -0.3 is 4.74 Å². The van der Waals surface area contributed by atoms with Crippen LogP contribution in [0.2, 0.25) is 0 Å². The second-order valence-corrected chi connectivity index (χ2v) is 3.71. The van der Waals surface area contributed by atoms with Gasteiger partial charge in [-0.2, -0.15) is 5.26 Å². The van der Waals surface area contributed by atoms with E-state index < -0.39 is 6.04 Å². The number of ether oxygens (including phenoxy) is 1. The first-order valence-electron chi connectivity index (χ1n) is 5.09. The molecular weight excluding hydrogens is 204 g/mol. The van der Waals surface area contributed by atoms with Crippen molar-refractivity contribution in [3.63, 3.8) is 0 Å². The normalized spacial score (nSPS) is 20.6. The van der Waals surface area contributed by atoms with E-state index in [4.69, 9.17) is 10.00 Å². The van der Waals surface area contributed by atoms with Gasteiger partial charge >= 0.3 is 0 Å². The Kier molecular flexibility index (Phi) is 2.88. The number of nitrogens with zero attached hydrogens (tertiary/aromatic N) is 2. The second kappa shape index (κ2) is 4.33. The summed E-state index contributed by atoms with van der Waals surface area (Å²) in [7, 11) is 0. The molecule has 4 heteroatoms. The molecule has 1 atom stereocenters. The number of hydrogen-bond donors (Lipinski definition) is 0. The van der Waals surface area contributed by atoms with Crippen LogP contribution in [-0.2, 0) is 9.53 Å². The Hall–Kier alpha value is -1.86. The van der Waals surface area contributed by atoms with E-state index in [0.29, 0.717) is 0 Å². The quantitative estimate of drug-likeness (QED) is 0.710. The summed E-state index contributed by atoms with van der Waals surface area (Å²) in [5.41, 5.74) is 1.78. The third-order valence-electron chi connectivity index (χ3n) is 2.61. The van der Waals surface area contributed by atoms with E-state index in [9.17, 15) is 4.79 Å². The van der Waals surface area contributed by atoms with Gasteiger partial charge in [-0.25, -0.2) is 0 Å². The van der Waals surface area contributed by atoms with Crippen molar-refractivity contribution in [2.75, 3.05) is 18.1 Å². The summed E-state index contributed by atoms with van der Waals surface area (Å²) in [5, 5.41) is 9.01. The lowest BCUT2D eigenvalue weighted by atomic mass is 10.1. The van der Waals surface area contributed by atoms with Crippen LogP contribution in [0.4, 0.5) is 5.69 Å². The molecule has 1 fully saturated rings. The van der Waals surface area contributed by atoms with Crippen LogP contribution in [0.5, 0.6) is 0 Å². The first-order valence-corrected chi connectivity index (χ1v) is 5.09. The predicted octanol–water partition coefficient (Wildman–Crippen LogP) is 1.25. The first-order chi connectivity index (χ1) is 7.74. The minimum Gasteiger partial charge on any atom is -0.368 e. The minimum atomic E-state index is -0.526. The largest absolute Gasteiger partial charge is 0.368 e. The number of carbonyl (C=O) groups excluding carboxylic acids is 1. The van der Waals surface area contributed by atoms with Crippen molar-refractivity contribution >= 4 is 11.6 Å². The van der Waals surface area contributed by atoms with Crippen LogP contribution < -0.4 is 4.90 Å². The third kappa shape index (κ3) is 1.77. The average molecular weight is 216 g/mol. The maximum Gasteiger partial charge on any atom is 0.254 e. The number of amides is 1. The molecule has 16 heavy (non-hydrogen) atoms. The fourth-order valence-electron chi connectivity index (χ4n) is 1.81. The van der Waals surface area contributed by atoms with E-state index in [1.807, 2.05) is 31.2 Å². The van der Waals surface area contributed by atoms with E-state index in [2.05, 4.69) is 6.07 Å². The van der Waals surface area contributed by atoms with Crippen molar-refractivity contribution in [3.05, 3.63) is 29.8 Å². The van der Waals surface area contributed by atoms with Gasteiger partial charge in [-0.15, -0.1) is 0 Å². The van der Waals surface area contributed by atoms with Gasteiger partial charge in [-0.05, 0) is 18.6 Å². The molecule has 1 saturated heterocycles. The van der Waals surface area contributed by atoms with E-state index >= 15 is 0 Å². The van der Waals surface area contributed by atoms with Gasteiger partial charge in [0.2, 0.25) is 0 Å². The smallest absolute Gasteiger partial charge is 0.254 e. The number of carbonyl (C=O) groups is 1. The molecule has 0 saturated carbocycles. The van der Waals surface area contributed by atoms with Crippen LogP contribution in [0.15, 0.2) is 24.3 Å². The van der Waals surface area contributed by atoms with Crippen LogP contribution >= 0.6 is 0 Å². The monoisotopic (exact) mass is 216 g/mol. The molecule has 82 valence electrons. The molecule has 1 aliphatic heterocycles. The molecule has 0 radical (unpaired) electrons. The SMILES string of the molecule is Cc1ccccc1N1C(=O)COCC1C#N. The predicted molar refractivity (Wildman–Crippen MR) is 58.9 cm³/mol. The number of anilines is 1. The van der Waals surface area contributed by atoms with Gasteiger partial charge in [0, 0.05) is 5.69 Å². The van der Waals surface area contributed by atoms with Crippen LogP contribution in [0.1, 0.15) is 5.56 Å². The lowest BCUT2D eigenvalue weighted by molar-refractivity contribution is -0.126. The van der Waals surface area contributed by atoms with Crippen molar-refractivity contribution < 1.29 is 9.53 Å². The van der Waals surface area contributed by atoms with E-state index in [1.165, 1.54) is 4.90 Å². The molecule has 0 aliphatic carbocycles. The summed E-state index contributed by atoms with van der Waals surface area (Å²) in [5.74, 6) is -0.160. The van der Waals surface area contributed by atoms with Gasteiger partial charge in [-0.3, -0.25) is 9.69 Å². The summed E-state index contributed by atoms with van der Waals surface area (Å²) in [6.07, 6.45) is 0. The van der Waals surface area contributed by atoms with Crippen molar-refractivity contribution in [2.24, 2.45) is 0 Å².